The standard InChI is InChI=1S/C13H16O5/c14-9-6-7-10(15)18-13(9)12(17)11(16)8-4-2-1-3-5-8/h1-5,9,11-14,16-17H,6-7H2/t9-,11+,12+,13-/m1/s1. The number of benzene rings is 1. The molecule has 0 saturated carbocycles. The predicted molar refractivity (Wildman–Crippen MR) is 62.5 cm³/mol. The van der Waals surface area contributed by atoms with Crippen LogP contribution in [0.15, 0.2) is 30.3 Å². The average molecular weight is 252 g/mol. The van der Waals surface area contributed by atoms with Crippen molar-refractivity contribution in [1.29, 1.82) is 0 Å². The minimum Gasteiger partial charge on any atom is -0.457 e. The first kappa shape index (κ1) is 13.0. The van der Waals surface area contributed by atoms with E-state index in [9.17, 15) is 20.1 Å². The van der Waals surface area contributed by atoms with Gasteiger partial charge >= 0.3 is 5.97 Å². The topological polar surface area (TPSA) is 87.0 Å². The van der Waals surface area contributed by atoms with Crippen molar-refractivity contribution in [3.05, 3.63) is 35.9 Å². The summed E-state index contributed by atoms with van der Waals surface area (Å²) in [4.78, 5) is 11.2. The van der Waals surface area contributed by atoms with E-state index < -0.39 is 30.4 Å². The second-order valence-electron chi connectivity index (χ2n) is 4.41. The van der Waals surface area contributed by atoms with Gasteiger partial charge in [-0.25, -0.2) is 0 Å². The summed E-state index contributed by atoms with van der Waals surface area (Å²) in [6, 6.07) is 8.57. The Hall–Kier alpha value is -1.43. The first-order valence-corrected chi connectivity index (χ1v) is 5.88. The Balaban J connectivity index is 2.10. The van der Waals surface area contributed by atoms with Gasteiger partial charge in [0.05, 0.1) is 6.10 Å². The lowest BCUT2D eigenvalue weighted by Crippen LogP contribution is -2.47. The number of carbonyl (C=O) groups excluding carboxylic acids is 1. The molecular weight excluding hydrogens is 236 g/mol. The molecule has 0 aliphatic carbocycles. The molecule has 1 aliphatic heterocycles. The molecule has 2 rings (SSSR count). The van der Waals surface area contributed by atoms with Crippen LogP contribution in [0.4, 0.5) is 0 Å². The molecule has 0 unspecified atom stereocenters. The molecule has 1 aromatic rings. The zero-order valence-corrected chi connectivity index (χ0v) is 9.77. The van der Waals surface area contributed by atoms with Crippen LogP contribution in [0.25, 0.3) is 0 Å². The van der Waals surface area contributed by atoms with Crippen LogP contribution in [0.2, 0.25) is 0 Å². The second-order valence-corrected chi connectivity index (χ2v) is 4.41. The summed E-state index contributed by atoms with van der Waals surface area (Å²) in [6.07, 6.45) is -4.20. The van der Waals surface area contributed by atoms with E-state index in [-0.39, 0.29) is 12.8 Å². The van der Waals surface area contributed by atoms with Crippen molar-refractivity contribution >= 4 is 5.97 Å². The summed E-state index contributed by atoms with van der Waals surface area (Å²) in [6.45, 7) is 0. The van der Waals surface area contributed by atoms with Gasteiger partial charge in [0.15, 0.2) is 6.10 Å². The van der Waals surface area contributed by atoms with Gasteiger partial charge in [-0.15, -0.1) is 0 Å². The van der Waals surface area contributed by atoms with Crippen molar-refractivity contribution in [2.24, 2.45) is 0 Å². The Labute approximate surface area is 105 Å². The number of hydrogen-bond donors (Lipinski definition) is 3. The maximum atomic E-state index is 11.2. The van der Waals surface area contributed by atoms with E-state index >= 15 is 0 Å². The fourth-order valence-corrected chi connectivity index (χ4v) is 2.04. The summed E-state index contributed by atoms with van der Waals surface area (Å²) in [5.41, 5.74) is 0.513. The number of rotatable bonds is 3. The smallest absolute Gasteiger partial charge is 0.306 e. The molecule has 1 aliphatic rings. The van der Waals surface area contributed by atoms with Crippen LogP contribution in [0.1, 0.15) is 24.5 Å². The number of aliphatic hydroxyl groups excluding tert-OH is 3. The van der Waals surface area contributed by atoms with E-state index in [1.807, 2.05) is 0 Å². The Morgan fingerprint density at radius 3 is 2.56 bits per heavy atom. The number of hydrogen-bond acceptors (Lipinski definition) is 5. The van der Waals surface area contributed by atoms with Gasteiger partial charge in [0.2, 0.25) is 0 Å². The molecule has 1 heterocycles. The first-order chi connectivity index (χ1) is 8.59. The van der Waals surface area contributed by atoms with Crippen molar-refractivity contribution in [2.75, 3.05) is 0 Å². The van der Waals surface area contributed by atoms with E-state index in [0.29, 0.717) is 5.56 Å². The van der Waals surface area contributed by atoms with Crippen LogP contribution in [0, 0.1) is 0 Å². The van der Waals surface area contributed by atoms with Gasteiger partial charge in [-0.3, -0.25) is 4.79 Å². The fourth-order valence-electron chi connectivity index (χ4n) is 2.04. The van der Waals surface area contributed by atoms with Crippen LogP contribution < -0.4 is 0 Å². The molecular formula is C13H16O5. The number of esters is 1. The van der Waals surface area contributed by atoms with Crippen molar-refractivity contribution < 1.29 is 24.9 Å². The lowest BCUT2D eigenvalue weighted by molar-refractivity contribution is -0.183. The van der Waals surface area contributed by atoms with Crippen LogP contribution in [-0.2, 0) is 9.53 Å². The van der Waals surface area contributed by atoms with Crippen molar-refractivity contribution in [3.8, 4) is 0 Å². The molecule has 3 N–H and O–H groups in total. The maximum Gasteiger partial charge on any atom is 0.306 e. The van der Waals surface area contributed by atoms with E-state index in [1.54, 1.807) is 30.3 Å². The number of cyclic esters (lactones) is 1. The Morgan fingerprint density at radius 1 is 1.22 bits per heavy atom. The molecule has 1 aromatic carbocycles. The van der Waals surface area contributed by atoms with Crippen molar-refractivity contribution in [2.45, 2.75) is 37.3 Å². The third-order valence-electron chi connectivity index (χ3n) is 3.09. The predicted octanol–water partition coefficient (Wildman–Crippen LogP) is 0.147. The van der Waals surface area contributed by atoms with Crippen LogP contribution in [0.5, 0.6) is 0 Å². The SMILES string of the molecule is O=C1CC[C@@H](O)[C@H]([C@@H](O)[C@@H](O)c2ccccc2)O1. The highest BCUT2D eigenvalue weighted by atomic mass is 16.6. The van der Waals surface area contributed by atoms with E-state index in [0.717, 1.165) is 0 Å². The summed E-state index contributed by atoms with van der Waals surface area (Å²) >= 11 is 0. The minimum absolute atomic E-state index is 0.131. The average Bonchev–Trinajstić information content (AvgIpc) is 2.41. The molecule has 5 heteroatoms. The maximum absolute atomic E-state index is 11.2. The largest absolute Gasteiger partial charge is 0.457 e. The van der Waals surface area contributed by atoms with Crippen molar-refractivity contribution in [3.63, 3.8) is 0 Å². The Bertz CT molecular complexity index is 405. The molecule has 1 fully saturated rings. The molecule has 4 atom stereocenters. The molecule has 0 radical (unpaired) electrons. The molecule has 18 heavy (non-hydrogen) atoms. The van der Waals surface area contributed by atoms with E-state index in [4.69, 9.17) is 4.74 Å². The third kappa shape index (κ3) is 2.69. The van der Waals surface area contributed by atoms with Crippen molar-refractivity contribution in [1.82, 2.24) is 0 Å². The van der Waals surface area contributed by atoms with Gasteiger partial charge in [0.25, 0.3) is 0 Å². The Morgan fingerprint density at radius 2 is 1.89 bits per heavy atom. The lowest BCUT2D eigenvalue weighted by atomic mass is 9.94. The number of ether oxygens (including phenoxy) is 1. The summed E-state index contributed by atoms with van der Waals surface area (Å²) in [7, 11) is 0. The summed E-state index contributed by atoms with van der Waals surface area (Å²) in [5.74, 6) is -0.468. The third-order valence-corrected chi connectivity index (χ3v) is 3.09. The highest BCUT2D eigenvalue weighted by Crippen LogP contribution is 2.26. The summed E-state index contributed by atoms with van der Waals surface area (Å²) in [5, 5.41) is 29.7. The normalized spacial score (nSPS) is 27.4. The lowest BCUT2D eigenvalue weighted by Gasteiger charge is -2.33. The highest BCUT2D eigenvalue weighted by Gasteiger charge is 2.38. The zero-order chi connectivity index (χ0) is 13.1. The van der Waals surface area contributed by atoms with Gasteiger partial charge in [-0.05, 0) is 12.0 Å². The van der Waals surface area contributed by atoms with Gasteiger partial charge in [-0.1, -0.05) is 30.3 Å². The van der Waals surface area contributed by atoms with Gasteiger partial charge < -0.3 is 20.1 Å². The molecule has 1 saturated heterocycles. The van der Waals surface area contributed by atoms with Gasteiger partial charge in [-0.2, -0.15) is 0 Å². The van der Waals surface area contributed by atoms with Gasteiger partial charge in [0.1, 0.15) is 12.2 Å². The molecule has 0 spiro atoms. The zero-order valence-electron chi connectivity index (χ0n) is 9.77. The Kier molecular flexibility index (Phi) is 3.96. The van der Waals surface area contributed by atoms with E-state index in [2.05, 4.69) is 0 Å². The monoisotopic (exact) mass is 252 g/mol. The molecule has 5 nitrogen and oxygen atoms in total. The molecule has 0 aromatic heterocycles. The minimum atomic E-state index is -1.34. The second kappa shape index (κ2) is 5.48. The van der Waals surface area contributed by atoms with Crippen LogP contribution in [0.3, 0.4) is 0 Å². The van der Waals surface area contributed by atoms with E-state index in [1.165, 1.54) is 0 Å². The van der Waals surface area contributed by atoms with Crippen LogP contribution in [-0.4, -0.2) is 39.6 Å². The first-order valence-electron chi connectivity index (χ1n) is 5.88. The summed E-state index contributed by atoms with van der Waals surface area (Å²) < 4.78 is 4.90. The number of carbonyl (C=O) groups is 1. The highest BCUT2D eigenvalue weighted by molar-refractivity contribution is 5.70. The quantitative estimate of drug-likeness (QED) is 0.666. The molecule has 0 bridgehead atoms. The number of aliphatic hydroxyl groups is 3. The molecule has 98 valence electrons. The van der Waals surface area contributed by atoms with Gasteiger partial charge in [0, 0.05) is 6.42 Å². The van der Waals surface area contributed by atoms with Crippen LogP contribution >= 0.6 is 0 Å². The molecule has 0 amide bonds. The fraction of sp³-hybridized carbons (Fsp3) is 0.462.